The fraction of sp³-hybridized carbons (Fsp3) is 0.250. The third-order valence-corrected chi connectivity index (χ3v) is 5.83. The lowest BCUT2D eigenvalue weighted by Crippen LogP contribution is -2.08. The molecule has 0 aliphatic carbocycles. The molecule has 1 N–H and O–H groups in total. The van der Waals surface area contributed by atoms with Crippen LogP contribution in [-0.2, 0) is 6.42 Å². The minimum Gasteiger partial charge on any atom is -0.370 e. The molecule has 1 aromatic heterocycles. The van der Waals surface area contributed by atoms with Crippen molar-refractivity contribution in [3.8, 4) is 16.9 Å². The highest BCUT2D eigenvalue weighted by molar-refractivity contribution is 14.1. The van der Waals surface area contributed by atoms with Crippen LogP contribution in [0.15, 0.2) is 42.5 Å². The first kappa shape index (κ1) is 16.9. The molecule has 0 unspecified atom stereocenters. The summed E-state index contributed by atoms with van der Waals surface area (Å²) in [6.07, 6.45) is 3.40. The lowest BCUT2D eigenvalue weighted by atomic mass is 10.0. The molecule has 0 spiro atoms. The fourth-order valence-electron chi connectivity index (χ4n) is 3.36. The minimum atomic E-state index is 0.731. The highest BCUT2D eigenvalue weighted by Crippen LogP contribution is 2.36. The van der Waals surface area contributed by atoms with Gasteiger partial charge < -0.3 is 5.32 Å². The van der Waals surface area contributed by atoms with Crippen molar-refractivity contribution in [3.05, 3.63) is 62.2 Å². The molecular weight excluding hydrogens is 445 g/mol. The average molecular weight is 464 g/mol. The van der Waals surface area contributed by atoms with Crippen molar-refractivity contribution < 1.29 is 0 Å². The SMILES string of the molecule is Cc1ccc(Cl)cc1-n1nc(-c2ccccc2I)c2c1NCCCC2. The van der Waals surface area contributed by atoms with Crippen LogP contribution in [0.4, 0.5) is 5.82 Å². The van der Waals surface area contributed by atoms with Crippen molar-refractivity contribution >= 4 is 40.0 Å². The topological polar surface area (TPSA) is 29.9 Å². The molecular formula is C20H19ClIN3. The highest BCUT2D eigenvalue weighted by atomic mass is 127. The number of aromatic nitrogens is 2. The van der Waals surface area contributed by atoms with Gasteiger partial charge in [-0.25, -0.2) is 4.68 Å². The van der Waals surface area contributed by atoms with E-state index in [-0.39, 0.29) is 0 Å². The molecule has 4 rings (SSSR count). The fourth-order valence-corrected chi connectivity index (χ4v) is 4.17. The molecule has 0 atom stereocenters. The van der Waals surface area contributed by atoms with Crippen molar-refractivity contribution in [2.75, 3.05) is 11.9 Å². The summed E-state index contributed by atoms with van der Waals surface area (Å²) >= 11 is 8.66. The highest BCUT2D eigenvalue weighted by Gasteiger charge is 2.23. The zero-order valence-electron chi connectivity index (χ0n) is 14.0. The van der Waals surface area contributed by atoms with E-state index in [1.165, 1.54) is 27.5 Å². The Bertz CT molecular complexity index is 933. The normalized spacial score (nSPS) is 13.9. The second kappa shape index (κ2) is 7.00. The summed E-state index contributed by atoms with van der Waals surface area (Å²) in [6, 6.07) is 14.4. The van der Waals surface area contributed by atoms with Crippen LogP contribution in [0.3, 0.4) is 0 Å². The van der Waals surface area contributed by atoms with Crippen molar-refractivity contribution in [1.82, 2.24) is 9.78 Å². The third kappa shape index (κ3) is 3.17. The predicted molar refractivity (Wildman–Crippen MR) is 113 cm³/mol. The van der Waals surface area contributed by atoms with Crippen LogP contribution < -0.4 is 5.32 Å². The van der Waals surface area contributed by atoms with Crippen LogP contribution in [-0.4, -0.2) is 16.3 Å². The Hall–Kier alpha value is -1.53. The van der Waals surface area contributed by atoms with Gasteiger partial charge in [-0.15, -0.1) is 0 Å². The van der Waals surface area contributed by atoms with Crippen LogP contribution in [0.1, 0.15) is 24.0 Å². The van der Waals surface area contributed by atoms with Crippen molar-refractivity contribution in [3.63, 3.8) is 0 Å². The van der Waals surface area contributed by atoms with Gasteiger partial charge in [-0.05, 0) is 72.5 Å². The first-order chi connectivity index (χ1) is 12.1. The van der Waals surface area contributed by atoms with E-state index in [9.17, 15) is 0 Å². The van der Waals surface area contributed by atoms with Gasteiger partial charge in [-0.3, -0.25) is 0 Å². The zero-order chi connectivity index (χ0) is 17.4. The van der Waals surface area contributed by atoms with E-state index in [0.717, 1.165) is 40.8 Å². The van der Waals surface area contributed by atoms with Gasteiger partial charge in [0.15, 0.2) is 0 Å². The molecule has 1 aliphatic rings. The Morgan fingerprint density at radius 2 is 2.00 bits per heavy atom. The Morgan fingerprint density at radius 1 is 1.16 bits per heavy atom. The molecule has 5 heteroatoms. The van der Waals surface area contributed by atoms with Gasteiger partial charge in [0.25, 0.3) is 0 Å². The smallest absolute Gasteiger partial charge is 0.133 e. The zero-order valence-corrected chi connectivity index (χ0v) is 16.9. The summed E-state index contributed by atoms with van der Waals surface area (Å²) < 4.78 is 3.26. The predicted octanol–water partition coefficient (Wildman–Crippen LogP) is 5.85. The third-order valence-electron chi connectivity index (χ3n) is 4.66. The second-order valence-corrected chi connectivity index (χ2v) is 7.98. The Morgan fingerprint density at radius 3 is 2.84 bits per heavy atom. The molecule has 1 aliphatic heterocycles. The molecule has 3 nitrogen and oxygen atoms in total. The van der Waals surface area contributed by atoms with E-state index in [1.54, 1.807) is 0 Å². The monoisotopic (exact) mass is 463 g/mol. The Labute approximate surface area is 166 Å². The number of nitrogens with one attached hydrogen (secondary N) is 1. The number of hydrogen-bond acceptors (Lipinski definition) is 2. The number of aryl methyl sites for hydroxylation is 1. The van der Waals surface area contributed by atoms with Crippen LogP contribution in [0.5, 0.6) is 0 Å². The van der Waals surface area contributed by atoms with Gasteiger partial charge in [-0.1, -0.05) is 35.9 Å². The van der Waals surface area contributed by atoms with Crippen molar-refractivity contribution in [1.29, 1.82) is 0 Å². The van der Waals surface area contributed by atoms with Crippen LogP contribution in [0, 0.1) is 10.5 Å². The second-order valence-electron chi connectivity index (χ2n) is 6.38. The maximum atomic E-state index is 6.27. The first-order valence-corrected chi connectivity index (χ1v) is 9.98. The van der Waals surface area contributed by atoms with Gasteiger partial charge in [0.2, 0.25) is 0 Å². The summed E-state index contributed by atoms with van der Waals surface area (Å²) in [7, 11) is 0. The molecule has 0 radical (unpaired) electrons. The lowest BCUT2D eigenvalue weighted by Gasteiger charge is -2.12. The van der Waals surface area contributed by atoms with E-state index >= 15 is 0 Å². The molecule has 0 amide bonds. The maximum absolute atomic E-state index is 6.27. The van der Waals surface area contributed by atoms with Crippen LogP contribution in [0.2, 0.25) is 5.02 Å². The van der Waals surface area contributed by atoms with Crippen LogP contribution in [0.25, 0.3) is 16.9 Å². The van der Waals surface area contributed by atoms with Gasteiger partial charge in [0.1, 0.15) is 5.82 Å². The maximum Gasteiger partial charge on any atom is 0.133 e. The largest absolute Gasteiger partial charge is 0.370 e. The Balaban J connectivity index is 1.97. The lowest BCUT2D eigenvalue weighted by molar-refractivity contribution is 0.779. The number of halogens is 2. The molecule has 0 fully saturated rings. The van der Waals surface area contributed by atoms with Crippen molar-refractivity contribution in [2.24, 2.45) is 0 Å². The molecule has 2 heterocycles. The van der Waals surface area contributed by atoms with Gasteiger partial charge in [-0.2, -0.15) is 5.10 Å². The summed E-state index contributed by atoms with van der Waals surface area (Å²) in [5.74, 6) is 1.11. The van der Waals surface area contributed by atoms with E-state index < -0.39 is 0 Å². The van der Waals surface area contributed by atoms with Gasteiger partial charge in [0.05, 0.1) is 11.4 Å². The number of anilines is 1. The molecule has 0 saturated carbocycles. The molecule has 0 saturated heterocycles. The quantitative estimate of drug-likeness (QED) is 0.483. The summed E-state index contributed by atoms with van der Waals surface area (Å²) in [5.41, 5.74) is 5.78. The number of nitrogens with zero attached hydrogens (tertiary/aromatic N) is 2. The summed E-state index contributed by atoms with van der Waals surface area (Å²) in [5, 5.41) is 9.36. The van der Waals surface area contributed by atoms with Crippen molar-refractivity contribution in [2.45, 2.75) is 26.2 Å². The summed E-state index contributed by atoms with van der Waals surface area (Å²) in [4.78, 5) is 0. The minimum absolute atomic E-state index is 0.731. The molecule has 3 aromatic rings. The number of hydrogen-bond donors (Lipinski definition) is 1. The number of benzene rings is 2. The van der Waals surface area contributed by atoms with E-state index in [2.05, 4.69) is 59.1 Å². The standard InChI is InChI=1S/C20H19ClIN3/c1-13-9-10-14(21)12-18(13)25-20-16(7-4-5-11-23-20)19(24-25)15-6-2-3-8-17(15)22/h2-3,6,8-10,12,23H,4-5,7,11H2,1H3. The first-order valence-electron chi connectivity index (χ1n) is 8.52. The molecule has 25 heavy (non-hydrogen) atoms. The van der Waals surface area contributed by atoms with E-state index in [1.807, 2.05) is 22.9 Å². The van der Waals surface area contributed by atoms with Gasteiger partial charge in [0, 0.05) is 26.3 Å². The van der Waals surface area contributed by atoms with E-state index in [4.69, 9.17) is 16.7 Å². The number of fused-ring (bicyclic) bond motifs is 1. The molecule has 0 bridgehead atoms. The van der Waals surface area contributed by atoms with Crippen LogP contribution >= 0.6 is 34.2 Å². The van der Waals surface area contributed by atoms with Gasteiger partial charge >= 0.3 is 0 Å². The molecule has 128 valence electrons. The number of rotatable bonds is 2. The molecule has 2 aromatic carbocycles. The summed E-state index contributed by atoms with van der Waals surface area (Å²) in [6.45, 7) is 3.08. The Kier molecular flexibility index (Phi) is 4.73. The average Bonchev–Trinajstić information content (AvgIpc) is 2.79. The van der Waals surface area contributed by atoms with E-state index in [0.29, 0.717) is 0 Å².